The van der Waals surface area contributed by atoms with Gasteiger partial charge in [-0.1, -0.05) is 19.3 Å². The molecule has 2 atom stereocenters. The van der Waals surface area contributed by atoms with Gasteiger partial charge in [-0.2, -0.15) is 0 Å². The fourth-order valence-corrected chi connectivity index (χ4v) is 4.99. The van der Waals surface area contributed by atoms with E-state index in [1.54, 1.807) is 11.8 Å². The van der Waals surface area contributed by atoms with Crippen LogP contribution in [-0.2, 0) is 9.59 Å². The number of amides is 2. The zero-order valence-corrected chi connectivity index (χ0v) is 12.3. The maximum Gasteiger partial charge on any atom is 0.243 e. The second kappa shape index (κ2) is 5.00. The first-order chi connectivity index (χ1) is 9.10. The van der Waals surface area contributed by atoms with Crippen LogP contribution in [-0.4, -0.2) is 39.4 Å². The van der Waals surface area contributed by atoms with Crippen molar-refractivity contribution >= 4 is 23.6 Å². The van der Waals surface area contributed by atoms with Gasteiger partial charge in [0, 0.05) is 18.2 Å². The molecular formula is C14H22N2O2S. The molecule has 2 saturated heterocycles. The molecule has 0 aromatic carbocycles. The predicted octanol–water partition coefficient (Wildman–Crippen LogP) is 1.89. The second-order valence-electron chi connectivity index (χ2n) is 6.11. The topological polar surface area (TPSA) is 49.4 Å². The molecule has 0 spiro atoms. The molecule has 0 bridgehead atoms. The molecule has 3 aliphatic rings. The first-order valence-electron chi connectivity index (χ1n) is 7.37. The van der Waals surface area contributed by atoms with E-state index in [9.17, 15) is 9.59 Å². The average Bonchev–Trinajstić information content (AvgIpc) is 2.88. The Hall–Kier alpha value is -0.710. The van der Waals surface area contributed by atoms with Crippen LogP contribution >= 0.6 is 11.8 Å². The van der Waals surface area contributed by atoms with Crippen LogP contribution in [0.15, 0.2) is 0 Å². The molecule has 1 saturated carbocycles. The van der Waals surface area contributed by atoms with E-state index in [2.05, 4.69) is 12.2 Å². The number of fused-ring (bicyclic) bond motifs is 1. The number of carbonyl (C=O) groups excluding carboxylic acids is 2. The van der Waals surface area contributed by atoms with Gasteiger partial charge in [-0.3, -0.25) is 9.59 Å². The first-order valence-corrected chi connectivity index (χ1v) is 8.35. The highest BCUT2D eigenvalue weighted by atomic mass is 32.2. The summed E-state index contributed by atoms with van der Waals surface area (Å²) in [5.41, 5.74) is 0. The Morgan fingerprint density at radius 2 is 2.11 bits per heavy atom. The Balaban J connectivity index is 1.65. The molecule has 106 valence electrons. The van der Waals surface area contributed by atoms with Gasteiger partial charge in [-0.25, -0.2) is 0 Å². The Kier molecular flexibility index (Phi) is 3.50. The van der Waals surface area contributed by atoms with Crippen molar-refractivity contribution in [2.45, 2.75) is 68.8 Å². The average molecular weight is 282 g/mol. The number of carbonyl (C=O) groups is 2. The molecule has 3 fully saturated rings. The third kappa shape index (κ3) is 2.37. The third-order valence-corrected chi connectivity index (χ3v) is 6.20. The lowest BCUT2D eigenvalue weighted by atomic mass is 9.95. The summed E-state index contributed by atoms with van der Waals surface area (Å²) in [5.74, 6) is 0.968. The van der Waals surface area contributed by atoms with Crippen LogP contribution in [0.2, 0.25) is 0 Å². The number of hydrogen-bond donors (Lipinski definition) is 1. The van der Waals surface area contributed by atoms with Crippen molar-refractivity contribution in [3.05, 3.63) is 0 Å². The molecule has 1 N–H and O–H groups in total. The lowest BCUT2D eigenvalue weighted by Gasteiger charge is -2.31. The highest BCUT2D eigenvalue weighted by Gasteiger charge is 2.52. The molecule has 2 heterocycles. The van der Waals surface area contributed by atoms with Crippen LogP contribution in [0.4, 0.5) is 0 Å². The van der Waals surface area contributed by atoms with Crippen molar-refractivity contribution in [2.24, 2.45) is 0 Å². The van der Waals surface area contributed by atoms with Crippen molar-refractivity contribution in [1.29, 1.82) is 0 Å². The molecule has 2 aliphatic heterocycles. The number of thioether (sulfide) groups is 1. The van der Waals surface area contributed by atoms with E-state index in [0.29, 0.717) is 12.5 Å². The molecule has 1 aliphatic carbocycles. The van der Waals surface area contributed by atoms with Crippen molar-refractivity contribution in [3.63, 3.8) is 0 Å². The smallest absolute Gasteiger partial charge is 0.243 e. The Bertz CT molecular complexity index is 395. The Morgan fingerprint density at radius 1 is 1.37 bits per heavy atom. The van der Waals surface area contributed by atoms with Gasteiger partial charge in [0.2, 0.25) is 11.8 Å². The monoisotopic (exact) mass is 282 g/mol. The summed E-state index contributed by atoms with van der Waals surface area (Å²) in [6.07, 6.45) is 7.37. The van der Waals surface area contributed by atoms with Gasteiger partial charge < -0.3 is 10.2 Å². The van der Waals surface area contributed by atoms with Crippen molar-refractivity contribution in [2.75, 3.05) is 5.75 Å². The van der Waals surface area contributed by atoms with Gasteiger partial charge in [-0.15, -0.1) is 11.8 Å². The molecule has 0 aromatic rings. The van der Waals surface area contributed by atoms with Gasteiger partial charge in [0.15, 0.2) is 0 Å². The van der Waals surface area contributed by atoms with Crippen LogP contribution in [0.5, 0.6) is 0 Å². The van der Waals surface area contributed by atoms with E-state index >= 15 is 0 Å². The molecule has 2 amide bonds. The Morgan fingerprint density at radius 3 is 2.84 bits per heavy atom. The molecule has 19 heavy (non-hydrogen) atoms. The van der Waals surface area contributed by atoms with E-state index in [0.717, 1.165) is 25.0 Å². The van der Waals surface area contributed by atoms with E-state index in [1.165, 1.54) is 19.3 Å². The van der Waals surface area contributed by atoms with E-state index in [4.69, 9.17) is 0 Å². The normalized spacial score (nSPS) is 35.5. The van der Waals surface area contributed by atoms with Crippen LogP contribution < -0.4 is 5.32 Å². The summed E-state index contributed by atoms with van der Waals surface area (Å²) in [5, 5.41) is 3.17. The van der Waals surface area contributed by atoms with E-state index in [-0.39, 0.29) is 22.7 Å². The van der Waals surface area contributed by atoms with Gasteiger partial charge in [0.1, 0.15) is 6.04 Å². The minimum absolute atomic E-state index is 0.0679. The van der Waals surface area contributed by atoms with Crippen LogP contribution in [0.3, 0.4) is 0 Å². The molecule has 4 nitrogen and oxygen atoms in total. The van der Waals surface area contributed by atoms with Crippen molar-refractivity contribution in [1.82, 2.24) is 10.2 Å². The van der Waals surface area contributed by atoms with E-state index in [1.807, 2.05) is 4.90 Å². The molecular weight excluding hydrogens is 260 g/mol. The maximum absolute atomic E-state index is 12.4. The summed E-state index contributed by atoms with van der Waals surface area (Å²) in [4.78, 5) is 26.1. The number of hydrogen-bond acceptors (Lipinski definition) is 3. The third-order valence-electron chi connectivity index (χ3n) is 4.70. The lowest BCUT2D eigenvalue weighted by Crippen LogP contribution is -2.52. The SMILES string of the molecule is C[C@]12CCC(=O)N1[C@@H](C(=O)NC1CCCCC1)CS2. The molecule has 0 radical (unpaired) electrons. The summed E-state index contributed by atoms with van der Waals surface area (Å²) in [6.45, 7) is 2.09. The fraction of sp³-hybridized carbons (Fsp3) is 0.857. The highest BCUT2D eigenvalue weighted by Crippen LogP contribution is 2.47. The maximum atomic E-state index is 12.4. The van der Waals surface area contributed by atoms with Crippen molar-refractivity contribution < 1.29 is 9.59 Å². The van der Waals surface area contributed by atoms with Gasteiger partial charge in [0.05, 0.1) is 4.87 Å². The quantitative estimate of drug-likeness (QED) is 0.841. The standard InChI is InChI=1S/C14H22N2O2S/c1-14-8-7-12(17)16(14)11(9-19-14)13(18)15-10-5-3-2-4-6-10/h10-11H,2-9H2,1H3,(H,15,18)/t11-,14+/m1/s1. The van der Waals surface area contributed by atoms with Gasteiger partial charge in [0.25, 0.3) is 0 Å². The molecule has 5 heteroatoms. The number of rotatable bonds is 2. The number of nitrogens with one attached hydrogen (secondary N) is 1. The number of nitrogens with zero attached hydrogens (tertiary/aromatic N) is 1. The summed E-state index contributed by atoms with van der Waals surface area (Å²) >= 11 is 1.76. The molecule has 0 unspecified atom stereocenters. The Labute approximate surface area is 118 Å². The summed E-state index contributed by atoms with van der Waals surface area (Å²) < 4.78 is 0. The fourth-order valence-electron chi connectivity index (χ4n) is 3.56. The zero-order valence-electron chi connectivity index (χ0n) is 11.5. The lowest BCUT2D eigenvalue weighted by molar-refractivity contribution is -0.138. The zero-order chi connectivity index (χ0) is 13.5. The first kappa shape index (κ1) is 13.3. The molecule has 0 aromatic heterocycles. The van der Waals surface area contributed by atoms with E-state index < -0.39 is 0 Å². The van der Waals surface area contributed by atoms with Gasteiger partial charge >= 0.3 is 0 Å². The second-order valence-corrected chi connectivity index (χ2v) is 7.61. The van der Waals surface area contributed by atoms with Crippen LogP contribution in [0.1, 0.15) is 51.9 Å². The predicted molar refractivity (Wildman–Crippen MR) is 75.7 cm³/mol. The summed E-state index contributed by atoms with van der Waals surface area (Å²) in [6, 6.07) is 0.0859. The largest absolute Gasteiger partial charge is 0.352 e. The van der Waals surface area contributed by atoms with Crippen LogP contribution in [0, 0.1) is 0 Å². The summed E-state index contributed by atoms with van der Waals surface area (Å²) in [7, 11) is 0. The minimum atomic E-state index is -0.244. The molecule has 3 rings (SSSR count). The van der Waals surface area contributed by atoms with Gasteiger partial charge in [-0.05, 0) is 26.2 Å². The van der Waals surface area contributed by atoms with Crippen LogP contribution in [0.25, 0.3) is 0 Å². The minimum Gasteiger partial charge on any atom is -0.352 e. The highest BCUT2D eigenvalue weighted by molar-refractivity contribution is 8.01. The van der Waals surface area contributed by atoms with Crippen molar-refractivity contribution in [3.8, 4) is 0 Å².